The number of para-hydroxylation sites is 2. The van der Waals surface area contributed by atoms with Gasteiger partial charge in [-0.25, -0.2) is 4.98 Å². The molecule has 0 unspecified atom stereocenters. The van der Waals surface area contributed by atoms with Crippen LogP contribution in [0.5, 0.6) is 0 Å². The zero-order valence-electron chi connectivity index (χ0n) is 13.8. The molecule has 0 atom stereocenters. The second-order valence-electron chi connectivity index (χ2n) is 5.44. The van der Waals surface area contributed by atoms with E-state index < -0.39 is 0 Å². The molecule has 1 aromatic carbocycles. The van der Waals surface area contributed by atoms with Gasteiger partial charge in [0.15, 0.2) is 5.16 Å². The molecule has 0 aliphatic rings. The van der Waals surface area contributed by atoms with Crippen molar-refractivity contribution < 1.29 is 4.79 Å². The van der Waals surface area contributed by atoms with Crippen LogP contribution in [0, 0.1) is 0 Å². The molecule has 23 heavy (non-hydrogen) atoms. The first-order valence-electron chi connectivity index (χ1n) is 7.68. The van der Waals surface area contributed by atoms with Crippen molar-refractivity contribution in [1.82, 2.24) is 14.5 Å². The smallest absolute Gasteiger partial charge is 0.233 e. The van der Waals surface area contributed by atoms with E-state index >= 15 is 0 Å². The van der Waals surface area contributed by atoms with Gasteiger partial charge >= 0.3 is 0 Å². The lowest BCUT2D eigenvalue weighted by molar-refractivity contribution is -0.127. The van der Waals surface area contributed by atoms with E-state index in [1.807, 2.05) is 49.1 Å². The van der Waals surface area contributed by atoms with Crippen LogP contribution in [-0.2, 0) is 11.3 Å². The Morgan fingerprint density at radius 2 is 2.17 bits per heavy atom. The van der Waals surface area contributed by atoms with Crippen molar-refractivity contribution in [3.63, 3.8) is 0 Å². The quantitative estimate of drug-likeness (QED) is 0.547. The number of hydrogen-bond acceptors (Lipinski definition) is 3. The summed E-state index contributed by atoms with van der Waals surface area (Å²) in [4.78, 5) is 18.8. The summed E-state index contributed by atoms with van der Waals surface area (Å²) in [6.45, 7) is 13.6. The van der Waals surface area contributed by atoms with Crippen molar-refractivity contribution in [2.45, 2.75) is 25.5 Å². The maximum atomic E-state index is 12.4. The number of nitrogens with zero attached hydrogens (tertiary/aromatic N) is 3. The lowest BCUT2D eigenvalue weighted by atomic mass is 10.3. The predicted molar refractivity (Wildman–Crippen MR) is 97.7 cm³/mol. The summed E-state index contributed by atoms with van der Waals surface area (Å²) < 4.78 is 2.09. The van der Waals surface area contributed by atoms with Crippen LogP contribution in [0.1, 0.15) is 13.8 Å². The third kappa shape index (κ3) is 4.26. The first-order chi connectivity index (χ1) is 11.1. The molecular formula is C18H23N3OS. The Labute approximate surface area is 141 Å². The van der Waals surface area contributed by atoms with Crippen molar-refractivity contribution in [3.8, 4) is 0 Å². The molecule has 1 aromatic heterocycles. The van der Waals surface area contributed by atoms with Crippen LogP contribution in [0.2, 0.25) is 0 Å². The van der Waals surface area contributed by atoms with Gasteiger partial charge in [-0.05, 0) is 26.0 Å². The topological polar surface area (TPSA) is 38.1 Å². The Bertz CT molecular complexity index is 720. The number of amides is 1. The first kappa shape index (κ1) is 17.3. The van der Waals surface area contributed by atoms with E-state index in [1.165, 1.54) is 11.8 Å². The number of imidazole rings is 1. The molecule has 5 heteroatoms. The molecule has 4 nitrogen and oxygen atoms in total. The molecule has 0 aliphatic heterocycles. The highest BCUT2D eigenvalue weighted by Crippen LogP contribution is 2.24. The number of benzene rings is 1. The van der Waals surface area contributed by atoms with Gasteiger partial charge in [0.25, 0.3) is 0 Å². The molecule has 2 rings (SSSR count). The van der Waals surface area contributed by atoms with Crippen molar-refractivity contribution in [2.24, 2.45) is 0 Å². The second kappa shape index (κ2) is 8.02. The lowest BCUT2D eigenvalue weighted by Gasteiger charge is -2.20. The number of aromatic nitrogens is 2. The van der Waals surface area contributed by atoms with Crippen molar-refractivity contribution >= 4 is 28.7 Å². The monoisotopic (exact) mass is 329 g/mol. The molecule has 0 aliphatic carbocycles. The second-order valence-corrected chi connectivity index (χ2v) is 6.38. The molecule has 0 N–H and O–H groups in total. The van der Waals surface area contributed by atoms with Crippen LogP contribution in [0.3, 0.4) is 0 Å². The molecule has 0 fully saturated rings. The van der Waals surface area contributed by atoms with E-state index in [-0.39, 0.29) is 5.91 Å². The number of likely N-dealkylation sites (N-methyl/N-ethyl adjacent to an activating group) is 1. The summed E-state index contributed by atoms with van der Waals surface area (Å²) in [5, 5.41) is 0.853. The van der Waals surface area contributed by atoms with Crippen LogP contribution in [-0.4, -0.2) is 39.2 Å². The third-order valence-electron chi connectivity index (χ3n) is 3.45. The molecule has 122 valence electrons. The fraction of sp³-hybridized carbons (Fsp3) is 0.333. The molecular weight excluding hydrogens is 306 g/mol. The van der Waals surface area contributed by atoms with Crippen molar-refractivity contribution in [1.29, 1.82) is 0 Å². The van der Waals surface area contributed by atoms with Gasteiger partial charge in [0.1, 0.15) is 0 Å². The van der Waals surface area contributed by atoms with E-state index in [2.05, 4.69) is 22.7 Å². The molecule has 2 aromatic rings. The van der Waals surface area contributed by atoms with Crippen LogP contribution in [0.15, 0.2) is 54.2 Å². The fourth-order valence-corrected chi connectivity index (χ4v) is 3.32. The third-order valence-corrected chi connectivity index (χ3v) is 4.41. The summed E-state index contributed by atoms with van der Waals surface area (Å²) in [7, 11) is 0. The number of carbonyl (C=O) groups is 1. The van der Waals surface area contributed by atoms with E-state index in [9.17, 15) is 4.79 Å². The Morgan fingerprint density at radius 1 is 1.43 bits per heavy atom. The SMILES string of the molecule is C=CCn1c(SCC(=O)N(CC)CC(=C)C)nc2ccccc21. The van der Waals surface area contributed by atoms with E-state index in [1.54, 1.807) is 0 Å². The zero-order valence-corrected chi connectivity index (χ0v) is 14.6. The molecule has 0 radical (unpaired) electrons. The Kier molecular flexibility index (Phi) is 6.04. The van der Waals surface area contributed by atoms with Crippen LogP contribution in [0.4, 0.5) is 0 Å². The minimum absolute atomic E-state index is 0.109. The van der Waals surface area contributed by atoms with Crippen molar-refractivity contribution in [3.05, 3.63) is 49.1 Å². The number of rotatable bonds is 8. The van der Waals surface area contributed by atoms with Gasteiger partial charge in [0.05, 0.1) is 16.8 Å². The van der Waals surface area contributed by atoms with E-state index in [0.717, 1.165) is 21.8 Å². The highest BCUT2D eigenvalue weighted by Gasteiger charge is 2.15. The molecule has 0 bridgehead atoms. The summed E-state index contributed by atoms with van der Waals surface area (Å²) in [6.07, 6.45) is 1.85. The van der Waals surface area contributed by atoms with Crippen LogP contribution in [0.25, 0.3) is 11.0 Å². The molecule has 0 saturated heterocycles. The number of hydrogen-bond donors (Lipinski definition) is 0. The zero-order chi connectivity index (χ0) is 16.8. The average molecular weight is 329 g/mol. The molecule has 0 spiro atoms. The number of carbonyl (C=O) groups excluding carboxylic acids is 1. The Morgan fingerprint density at radius 3 is 2.83 bits per heavy atom. The summed E-state index contributed by atoms with van der Waals surface area (Å²) in [6, 6.07) is 7.99. The lowest BCUT2D eigenvalue weighted by Crippen LogP contribution is -2.33. The minimum atomic E-state index is 0.109. The number of fused-ring (bicyclic) bond motifs is 1. The Hall–Kier alpha value is -2.01. The predicted octanol–water partition coefficient (Wildman–Crippen LogP) is 3.74. The standard InChI is InChI=1S/C18H23N3OS/c1-5-11-21-16-10-8-7-9-15(16)19-18(21)23-13-17(22)20(6-2)12-14(3)4/h5,7-10H,1,3,6,11-13H2,2,4H3. The van der Waals surface area contributed by atoms with Crippen LogP contribution < -0.4 is 0 Å². The summed E-state index contributed by atoms with van der Waals surface area (Å²) in [5.74, 6) is 0.486. The highest BCUT2D eigenvalue weighted by molar-refractivity contribution is 7.99. The molecule has 1 heterocycles. The number of thioether (sulfide) groups is 1. The van der Waals surface area contributed by atoms with Gasteiger partial charge in [0.2, 0.25) is 5.91 Å². The summed E-state index contributed by atoms with van der Waals surface area (Å²) in [5.41, 5.74) is 3.00. The van der Waals surface area contributed by atoms with Crippen molar-refractivity contribution in [2.75, 3.05) is 18.8 Å². The van der Waals surface area contributed by atoms with Gasteiger partial charge in [-0.1, -0.05) is 42.1 Å². The molecule has 1 amide bonds. The van der Waals surface area contributed by atoms with E-state index in [0.29, 0.717) is 25.4 Å². The normalized spacial score (nSPS) is 10.7. The number of allylic oxidation sites excluding steroid dienone is 1. The fourth-order valence-electron chi connectivity index (χ4n) is 2.39. The van der Waals surface area contributed by atoms with Gasteiger partial charge in [-0.15, -0.1) is 6.58 Å². The van der Waals surface area contributed by atoms with Gasteiger partial charge in [-0.3, -0.25) is 4.79 Å². The van der Waals surface area contributed by atoms with E-state index in [4.69, 9.17) is 0 Å². The van der Waals surface area contributed by atoms with Gasteiger partial charge in [-0.2, -0.15) is 0 Å². The maximum absolute atomic E-state index is 12.4. The summed E-state index contributed by atoms with van der Waals surface area (Å²) >= 11 is 1.47. The first-order valence-corrected chi connectivity index (χ1v) is 8.66. The highest BCUT2D eigenvalue weighted by atomic mass is 32.2. The Balaban J connectivity index is 2.15. The van der Waals surface area contributed by atoms with Gasteiger partial charge in [0, 0.05) is 19.6 Å². The molecule has 0 saturated carbocycles. The average Bonchev–Trinajstić information content (AvgIpc) is 2.88. The minimum Gasteiger partial charge on any atom is -0.338 e. The maximum Gasteiger partial charge on any atom is 0.233 e. The van der Waals surface area contributed by atoms with Crippen LogP contribution >= 0.6 is 11.8 Å². The van der Waals surface area contributed by atoms with Gasteiger partial charge < -0.3 is 9.47 Å². The largest absolute Gasteiger partial charge is 0.338 e.